The van der Waals surface area contributed by atoms with Crippen LogP contribution >= 0.6 is 0 Å². The Morgan fingerprint density at radius 3 is 2.45 bits per heavy atom. The molecule has 0 bridgehead atoms. The van der Waals surface area contributed by atoms with Gasteiger partial charge in [0, 0.05) is 6.54 Å². The van der Waals surface area contributed by atoms with Crippen molar-refractivity contribution in [2.45, 2.75) is 52.4 Å². The van der Waals surface area contributed by atoms with Gasteiger partial charge >= 0.3 is 0 Å². The fraction of sp³-hybridized carbons (Fsp3) is 0.556. The molecule has 110 valence electrons. The summed E-state index contributed by atoms with van der Waals surface area (Å²) in [5.74, 6) is 2.00. The van der Waals surface area contributed by atoms with E-state index < -0.39 is 0 Å². The summed E-state index contributed by atoms with van der Waals surface area (Å²) >= 11 is 0. The molecule has 0 saturated heterocycles. The fourth-order valence-electron chi connectivity index (χ4n) is 3.03. The molecule has 1 N–H and O–H groups in total. The van der Waals surface area contributed by atoms with Gasteiger partial charge < -0.3 is 10.2 Å². The molecule has 20 heavy (non-hydrogen) atoms. The quantitative estimate of drug-likeness (QED) is 0.690. The van der Waals surface area contributed by atoms with Gasteiger partial charge in [-0.3, -0.25) is 0 Å². The standard InChI is InChI=1S/C10H12N2.C8H16/c1-3-12-8(2)11-9-6-4-5-7-10(9)12;1-8-6-4-2-3-5-7-8/h4-7,11H,2-3H2,1H3;8H,2-7H2,1H3. The minimum Gasteiger partial charge on any atom is -0.340 e. The van der Waals surface area contributed by atoms with Crippen LogP contribution in [0.25, 0.3) is 0 Å². The van der Waals surface area contributed by atoms with E-state index in [1.54, 1.807) is 0 Å². The van der Waals surface area contributed by atoms with Crippen molar-refractivity contribution in [2.24, 2.45) is 5.92 Å². The minimum absolute atomic E-state index is 0.961. The summed E-state index contributed by atoms with van der Waals surface area (Å²) in [6.07, 6.45) is 8.93. The van der Waals surface area contributed by atoms with Crippen LogP contribution in [-0.2, 0) is 0 Å². The Balaban J connectivity index is 0.000000160. The van der Waals surface area contributed by atoms with E-state index in [4.69, 9.17) is 0 Å². The molecule has 1 fully saturated rings. The molecule has 1 heterocycles. The first-order valence-corrected chi connectivity index (χ1v) is 8.05. The number of hydrogen-bond donors (Lipinski definition) is 1. The first kappa shape index (κ1) is 15.0. The summed E-state index contributed by atoms with van der Waals surface area (Å²) in [7, 11) is 0. The van der Waals surface area contributed by atoms with Gasteiger partial charge in [0.05, 0.1) is 11.4 Å². The average molecular weight is 272 g/mol. The Morgan fingerprint density at radius 1 is 1.15 bits per heavy atom. The van der Waals surface area contributed by atoms with Gasteiger partial charge in [0.2, 0.25) is 0 Å². The highest BCUT2D eigenvalue weighted by molar-refractivity contribution is 5.80. The molecule has 0 atom stereocenters. The lowest BCUT2D eigenvalue weighted by atomic mass is 10.0. The third-order valence-corrected chi connectivity index (χ3v) is 4.26. The Kier molecular flexibility index (Phi) is 5.51. The molecule has 0 aromatic heterocycles. The van der Waals surface area contributed by atoms with Crippen molar-refractivity contribution < 1.29 is 0 Å². The van der Waals surface area contributed by atoms with Crippen LogP contribution in [0.2, 0.25) is 0 Å². The molecule has 0 amide bonds. The van der Waals surface area contributed by atoms with Gasteiger partial charge in [-0.2, -0.15) is 0 Å². The van der Waals surface area contributed by atoms with E-state index >= 15 is 0 Å². The minimum atomic E-state index is 0.961. The molecule has 2 nitrogen and oxygen atoms in total. The molecule has 1 aromatic carbocycles. The number of benzene rings is 1. The molecule has 0 unspecified atom stereocenters. The van der Waals surface area contributed by atoms with Crippen molar-refractivity contribution in [1.29, 1.82) is 0 Å². The second kappa shape index (κ2) is 7.37. The highest BCUT2D eigenvalue weighted by Gasteiger charge is 2.19. The molecule has 1 aliphatic carbocycles. The lowest BCUT2D eigenvalue weighted by Gasteiger charge is -2.15. The third-order valence-electron chi connectivity index (χ3n) is 4.26. The second-order valence-electron chi connectivity index (χ2n) is 5.93. The first-order valence-electron chi connectivity index (χ1n) is 8.05. The van der Waals surface area contributed by atoms with Crippen molar-refractivity contribution >= 4 is 11.4 Å². The highest BCUT2D eigenvalue weighted by Crippen LogP contribution is 2.34. The molecule has 1 aliphatic heterocycles. The number of nitrogens with one attached hydrogen (secondary N) is 1. The van der Waals surface area contributed by atoms with Crippen LogP contribution in [0.3, 0.4) is 0 Å². The summed E-state index contributed by atoms with van der Waals surface area (Å²) in [6.45, 7) is 9.40. The number of fused-ring (bicyclic) bond motifs is 1. The smallest absolute Gasteiger partial charge is 0.103 e. The lowest BCUT2D eigenvalue weighted by Crippen LogP contribution is -2.18. The van der Waals surface area contributed by atoms with Crippen molar-refractivity contribution in [3.63, 3.8) is 0 Å². The van der Waals surface area contributed by atoms with Gasteiger partial charge in [-0.15, -0.1) is 0 Å². The summed E-state index contributed by atoms with van der Waals surface area (Å²) in [4.78, 5) is 2.16. The predicted molar refractivity (Wildman–Crippen MR) is 89.1 cm³/mol. The summed E-state index contributed by atoms with van der Waals surface area (Å²) in [5.41, 5.74) is 2.38. The Bertz CT molecular complexity index is 431. The Morgan fingerprint density at radius 2 is 1.80 bits per heavy atom. The first-order chi connectivity index (χ1) is 9.72. The van der Waals surface area contributed by atoms with E-state index in [2.05, 4.69) is 42.8 Å². The SMILES string of the molecule is C=C1Nc2ccccc2N1CC.CC1CCCCCC1. The number of anilines is 2. The largest absolute Gasteiger partial charge is 0.340 e. The third kappa shape index (κ3) is 3.78. The van der Waals surface area contributed by atoms with Crippen LogP contribution in [0.1, 0.15) is 52.4 Å². The zero-order valence-electron chi connectivity index (χ0n) is 13.0. The van der Waals surface area contributed by atoms with Crippen LogP contribution in [0.15, 0.2) is 36.7 Å². The predicted octanol–water partition coefficient (Wildman–Crippen LogP) is 5.39. The Labute approximate surface area is 123 Å². The summed E-state index contributed by atoms with van der Waals surface area (Å²) in [5, 5.41) is 3.23. The van der Waals surface area contributed by atoms with Crippen LogP contribution in [0.4, 0.5) is 11.4 Å². The number of hydrogen-bond acceptors (Lipinski definition) is 2. The monoisotopic (exact) mass is 272 g/mol. The van der Waals surface area contributed by atoms with Gasteiger partial charge in [-0.25, -0.2) is 0 Å². The molecule has 2 heteroatoms. The van der Waals surface area contributed by atoms with E-state index in [0.29, 0.717) is 0 Å². The van der Waals surface area contributed by atoms with Gasteiger partial charge in [-0.1, -0.05) is 64.2 Å². The van der Waals surface area contributed by atoms with Gasteiger partial charge in [0.15, 0.2) is 0 Å². The van der Waals surface area contributed by atoms with Gasteiger partial charge in [0.1, 0.15) is 5.82 Å². The second-order valence-corrected chi connectivity index (χ2v) is 5.93. The number of nitrogens with zero attached hydrogens (tertiary/aromatic N) is 1. The molecule has 1 saturated carbocycles. The van der Waals surface area contributed by atoms with Gasteiger partial charge in [-0.05, 0) is 25.0 Å². The van der Waals surface area contributed by atoms with E-state index in [1.165, 1.54) is 44.2 Å². The molecular weight excluding hydrogens is 244 g/mol. The number of rotatable bonds is 1. The van der Waals surface area contributed by atoms with Crippen LogP contribution < -0.4 is 10.2 Å². The molecule has 3 rings (SSSR count). The molecule has 0 spiro atoms. The maximum atomic E-state index is 3.94. The average Bonchev–Trinajstić information content (AvgIpc) is 2.60. The van der Waals surface area contributed by atoms with E-state index in [1.807, 2.05) is 12.1 Å². The van der Waals surface area contributed by atoms with Crippen molar-refractivity contribution in [2.75, 3.05) is 16.8 Å². The summed E-state index contributed by atoms with van der Waals surface area (Å²) in [6, 6.07) is 8.24. The molecule has 0 radical (unpaired) electrons. The molecule has 2 aliphatic rings. The van der Waals surface area contributed by atoms with E-state index in [9.17, 15) is 0 Å². The Hall–Kier alpha value is -1.44. The van der Waals surface area contributed by atoms with E-state index in [-0.39, 0.29) is 0 Å². The van der Waals surface area contributed by atoms with Crippen molar-refractivity contribution in [3.8, 4) is 0 Å². The normalized spacial score (nSPS) is 18.7. The van der Waals surface area contributed by atoms with Crippen LogP contribution in [-0.4, -0.2) is 6.54 Å². The van der Waals surface area contributed by atoms with Crippen molar-refractivity contribution in [1.82, 2.24) is 0 Å². The zero-order chi connectivity index (χ0) is 14.4. The highest BCUT2D eigenvalue weighted by atomic mass is 15.3. The van der Waals surface area contributed by atoms with Gasteiger partial charge in [0.25, 0.3) is 0 Å². The zero-order valence-corrected chi connectivity index (χ0v) is 13.0. The summed E-state index contributed by atoms with van der Waals surface area (Å²) < 4.78 is 0. The number of para-hydroxylation sites is 2. The van der Waals surface area contributed by atoms with E-state index in [0.717, 1.165) is 24.0 Å². The maximum absolute atomic E-state index is 3.94. The molecular formula is C18H28N2. The molecule has 1 aromatic rings. The van der Waals surface area contributed by atoms with Crippen LogP contribution in [0, 0.1) is 5.92 Å². The maximum Gasteiger partial charge on any atom is 0.103 e. The van der Waals surface area contributed by atoms with Crippen molar-refractivity contribution in [3.05, 3.63) is 36.7 Å². The van der Waals surface area contributed by atoms with Crippen LogP contribution in [0.5, 0.6) is 0 Å². The topological polar surface area (TPSA) is 15.3 Å². The lowest BCUT2D eigenvalue weighted by molar-refractivity contribution is 0.505. The fourth-order valence-corrected chi connectivity index (χ4v) is 3.03.